The van der Waals surface area contributed by atoms with Gasteiger partial charge in [0, 0.05) is 13.1 Å². The van der Waals surface area contributed by atoms with Crippen molar-refractivity contribution in [3.8, 4) is 0 Å². The Balaban J connectivity index is 1.64. The Hall–Kier alpha value is -1.51. The van der Waals surface area contributed by atoms with Crippen LogP contribution in [0.25, 0.3) is 0 Å². The van der Waals surface area contributed by atoms with E-state index in [1.54, 1.807) is 0 Å². The van der Waals surface area contributed by atoms with E-state index in [-0.39, 0.29) is 12.1 Å². The van der Waals surface area contributed by atoms with Crippen LogP contribution in [0.3, 0.4) is 0 Å². The zero-order valence-electron chi connectivity index (χ0n) is 13.8. The summed E-state index contributed by atoms with van der Waals surface area (Å²) in [6.45, 7) is 2.30. The predicted octanol–water partition coefficient (Wildman–Crippen LogP) is 4.36. The smallest absolute Gasteiger partial charge is 0.317 e. The topological polar surface area (TPSA) is 32.3 Å². The van der Waals surface area contributed by atoms with Crippen LogP contribution < -0.4 is 5.32 Å². The standard InChI is InChI=1S/C19H28N2O/c1-14-7-6-10-17(13-14)21(2)19(22)20-18(16-11-12-16)15-8-4-3-5-9-15/h3-5,8-9,14,16-18H,6-7,10-13H2,1-2H3,(H,20,22). The normalized spacial score (nSPS) is 26.3. The molecular weight excluding hydrogens is 272 g/mol. The van der Waals surface area contributed by atoms with Gasteiger partial charge in [-0.2, -0.15) is 0 Å². The maximum Gasteiger partial charge on any atom is 0.317 e. The number of hydrogen-bond acceptors (Lipinski definition) is 1. The molecule has 22 heavy (non-hydrogen) atoms. The van der Waals surface area contributed by atoms with Gasteiger partial charge in [0.1, 0.15) is 0 Å². The van der Waals surface area contributed by atoms with E-state index in [4.69, 9.17) is 0 Å². The maximum atomic E-state index is 12.7. The molecule has 0 aliphatic heterocycles. The molecule has 3 unspecified atom stereocenters. The summed E-state index contributed by atoms with van der Waals surface area (Å²) in [5.41, 5.74) is 1.24. The summed E-state index contributed by atoms with van der Waals surface area (Å²) in [6.07, 6.45) is 7.29. The highest BCUT2D eigenvalue weighted by Crippen LogP contribution is 2.41. The van der Waals surface area contributed by atoms with Crippen LogP contribution in [0.5, 0.6) is 0 Å². The molecule has 2 aliphatic carbocycles. The lowest BCUT2D eigenvalue weighted by molar-refractivity contribution is 0.156. The summed E-state index contributed by atoms with van der Waals surface area (Å²) < 4.78 is 0. The van der Waals surface area contributed by atoms with Gasteiger partial charge in [-0.25, -0.2) is 4.79 Å². The van der Waals surface area contributed by atoms with Crippen molar-refractivity contribution in [1.82, 2.24) is 10.2 Å². The van der Waals surface area contributed by atoms with Gasteiger partial charge in [-0.05, 0) is 43.1 Å². The fourth-order valence-corrected chi connectivity index (χ4v) is 3.72. The number of nitrogens with zero attached hydrogens (tertiary/aromatic N) is 1. The van der Waals surface area contributed by atoms with Crippen LogP contribution in [0.1, 0.15) is 57.1 Å². The minimum atomic E-state index is 0.0971. The van der Waals surface area contributed by atoms with E-state index in [2.05, 4.69) is 36.5 Å². The second-order valence-corrected chi connectivity index (χ2v) is 7.21. The summed E-state index contributed by atoms with van der Waals surface area (Å²) in [7, 11) is 1.97. The van der Waals surface area contributed by atoms with Crippen molar-refractivity contribution >= 4 is 6.03 Å². The Bertz CT molecular complexity index is 497. The minimum Gasteiger partial charge on any atom is -0.331 e. The van der Waals surface area contributed by atoms with Gasteiger partial charge in [0.05, 0.1) is 6.04 Å². The fourth-order valence-electron chi connectivity index (χ4n) is 3.72. The summed E-state index contributed by atoms with van der Waals surface area (Å²) in [6, 6.07) is 11.1. The van der Waals surface area contributed by atoms with Crippen LogP contribution in [-0.4, -0.2) is 24.0 Å². The molecule has 1 aromatic rings. The van der Waals surface area contributed by atoms with Crippen LogP contribution in [0, 0.1) is 11.8 Å². The molecule has 3 atom stereocenters. The molecule has 0 aromatic heterocycles. The van der Waals surface area contributed by atoms with Crippen molar-refractivity contribution in [2.24, 2.45) is 11.8 Å². The van der Waals surface area contributed by atoms with Gasteiger partial charge in [0.15, 0.2) is 0 Å². The molecule has 3 nitrogen and oxygen atoms in total. The Labute approximate surface area is 134 Å². The van der Waals surface area contributed by atoms with Gasteiger partial charge >= 0.3 is 6.03 Å². The zero-order valence-corrected chi connectivity index (χ0v) is 13.8. The highest BCUT2D eigenvalue weighted by Gasteiger charge is 2.35. The lowest BCUT2D eigenvalue weighted by Gasteiger charge is -2.35. The van der Waals surface area contributed by atoms with E-state index in [1.807, 2.05) is 18.0 Å². The van der Waals surface area contributed by atoms with Crippen LogP contribution in [0.15, 0.2) is 30.3 Å². The molecule has 0 spiro atoms. The van der Waals surface area contributed by atoms with E-state index in [9.17, 15) is 4.79 Å². The number of carbonyl (C=O) groups is 1. The molecule has 2 aliphatic rings. The number of hydrogen-bond donors (Lipinski definition) is 1. The van der Waals surface area contributed by atoms with E-state index in [0.29, 0.717) is 12.0 Å². The van der Waals surface area contributed by atoms with Crippen molar-refractivity contribution in [3.63, 3.8) is 0 Å². The first-order valence-electron chi connectivity index (χ1n) is 8.73. The second-order valence-electron chi connectivity index (χ2n) is 7.21. The molecule has 1 N–H and O–H groups in total. The predicted molar refractivity (Wildman–Crippen MR) is 89.6 cm³/mol. The van der Waals surface area contributed by atoms with Crippen LogP contribution in [0.2, 0.25) is 0 Å². The van der Waals surface area contributed by atoms with Gasteiger partial charge in [0.25, 0.3) is 0 Å². The SMILES string of the molecule is CC1CCCC(N(C)C(=O)NC(c2ccccc2)C2CC2)C1. The minimum absolute atomic E-state index is 0.0971. The van der Waals surface area contributed by atoms with Crippen molar-refractivity contribution < 1.29 is 4.79 Å². The monoisotopic (exact) mass is 300 g/mol. The Kier molecular flexibility index (Phi) is 4.70. The van der Waals surface area contributed by atoms with E-state index in [0.717, 1.165) is 18.8 Å². The molecule has 3 heteroatoms. The molecule has 0 radical (unpaired) electrons. The second kappa shape index (κ2) is 6.72. The molecule has 2 saturated carbocycles. The third kappa shape index (κ3) is 3.63. The highest BCUT2D eigenvalue weighted by molar-refractivity contribution is 5.75. The van der Waals surface area contributed by atoms with Gasteiger partial charge in [-0.15, -0.1) is 0 Å². The Morgan fingerprint density at radius 3 is 2.55 bits per heavy atom. The number of urea groups is 1. The van der Waals surface area contributed by atoms with Crippen molar-refractivity contribution in [3.05, 3.63) is 35.9 Å². The number of amides is 2. The largest absolute Gasteiger partial charge is 0.331 e. The molecule has 120 valence electrons. The van der Waals surface area contributed by atoms with Gasteiger partial charge in [-0.3, -0.25) is 0 Å². The Morgan fingerprint density at radius 2 is 1.91 bits per heavy atom. The van der Waals surface area contributed by atoms with Crippen molar-refractivity contribution in [2.45, 2.75) is 57.5 Å². The Morgan fingerprint density at radius 1 is 1.18 bits per heavy atom. The third-order valence-corrected chi connectivity index (χ3v) is 5.31. The van der Waals surface area contributed by atoms with Crippen molar-refractivity contribution in [1.29, 1.82) is 0 Å². The average molecular weight is 300 g/mol. The summed E-state index contributed by atoms with van der Waals surface area (Å²) >= 11 is 0. The molecule has 0 bridgehead atoms. The first kappa shape index (κ1) is 15.4. The van der Waals surface area contributed by atoms with E-state index >= 15 is 0 Å². The van der Waals surface area contributed by atoms with Crippen LogP contribution >= 0.6 is 0 Å². The summed E-state index contributed by atoms with van der Waals surface area (Å²) in [4.78, 5) is 14.6. The lowest BCUT2D eigenvalue weighted by atomic mass is 9.86. The van der Waals surface area contributed by atoms with Gasteiger partial charge in [0.2, 0.25) is 0 Å². The number of nitrogens with one attached hydrogen (secondary N) is 1. The van der Waals surface area contributed by atoms with Gasteiger partial charge in [-0.1, -0.05) is 50.1 Å². The van der Waals surface area contributed by atoms with Crippen LogP contribution in [0.4, 0.5) is 4.79 Å². The fraction of sp³-hybridized carbons (Fsp3) is 0.632. The summed E-state index contributed by atoms with van der Waals surface area (Å²) in [5, 5.41) is 3.29. The average Bonchev–Trinajstić information content (AvgIpc) is 3.37. The van der Waals surface area contributed by atoms with E-state index in [1.165, 1.54) is 31.2 Å². The molecular formula is C19H28N2O. The highest BCUT2D eigenvalue weighted by atomic mass is 16.2. The first-order valence-corrected chi connectivity index (χ1v) is 8.73. The zero-order chi connectivity index (χ0) is 15.5. The van der Waals surface area contributed by atoms with E-state index < -0.39 is 0 Å². The number of rotatable bonds is 4. The molecule has 2 fully saturated rings. The lowest BCUT2D eigenvalue weighted by Crippen LogP contribution is -2.46. The molecule has 2 amide bonds. The van der Waals surface area contributed by atoms with Crippen LogP contribution in [-0.2, 0) is 0 Å². The van der Waals surface area contributed by atoms with Crippen molar-refractivity contribution in [2.75, 3.05) is 7.05 Å². The quantitative estimate of drug-likeness (QED) is 0.880. The number of carbonyl (C=O) groups excluding carboxylic acids is 1. The maximum absolute atomic E-state index is 12.7. The molecule has 3 rings (SSSR count). The molecule has 1 aromatic carbocycles. The number of benzene rings is 1. The van der Waals surface area contributed by atoms with Gasteiger partial charge < -0.3 is 10.2 Å². The summed E-state index contributed by atoms with van der Waals surface area (Å²) in [5.74, 6) is 1.35. The first-order chi connectivity index (χ1) is 10.6. The third-order valence-electron chi connectivity index (χ3n) is 5.31. The molecule has 0 heterocycles. The molecule has 0 saturated heterocycles.